The Labute approximate surface area is 110 Å². The van der Waals surface area contributed by atoms with Crippen LogP contribution in [0, 0.1) is 0 Å². The van der Waals surface area contributed by atoms with Crippen molar-refractivity contribution in [2.75, 3.05) is 0 Å². The minimum Gasteiger partial charge on any atom is -0.489 e. The van der Waals surface area contributed by atoms with E-state index in [9.17, 15) is 0 Å². The van der Waals surface area contributed by atoms with Crippen LogP contribution in [0.25, 0.3) is 10.9 Å². The minimum absolute atomic E-state index is 0.545. The number of nitrogens with one attached hydrogen (secondary N) is 1. The van der Waals surface area contributed by atoms with Crippen LogP contribution in [0.5, 0.6) is 5.75 Å². The topological polar surface area (TPSA) is 25.0 Å². The number of rotatable bonds is 3. The van der Waals surface area contributed by atoms with Gasteiger partial charge in [-0.1, -0.05) is 41.9 Å². The number of aromatic amines is 1. The Bertz CT molecular complexity index is 661. The van der Waals surface area contributed by atoms with Gasteiger partial charge in [0.25, 0.3) is 0 Å². The second-order valence-electron chi connectivity index (χ2n) is 4.12. The lowest BCUT2D eigenvalue weighted by Gasteiger charge is -2.07. The number of aromatic nitrogens is 1. The molecule has 2 nitrogen and oxygen atoms in total. The van der Waals surface area contributed by atoms with Gasteiger partial charge in [-0.25, -0.2) is 0 Å². The van der Waals surface area contributed by atoms with Crippen LogP contribution in [0.15, 0.2) is 54.7 Å². The molecule has 0 saturated heterocycles. The van der Waals surface area contributed by atoms with Crippen LogP contribution in [0.2, 0.25) is 5.02 Å². The van der Waals surface area contributed by atoms with Crippen LogP contribution >= 0.6 is 11.6 Å². The van der Waals surface area contributed by atoms with E-state index in [4.69, 9.17) is 16.3 Å². The van der Waals surface area contributed by atoms with E-state index < -0.39 is 0 Å². The average Bonchev–Trinajstić information content (AvgIpc) is 2.86. The Hall–Kier alpha value is -1.93. The van der Waals surface area contributed by atoms with Crippen molar-refractivity contribution in [2.24, 2.45) is 0 Å². The zero-order valence-corrected chi connectivity index (χ0v) is 10.4. The zero-order chi connectivity index (χ0) is 12.4. The third kappa shape index (κ3) is 2.20. The number of hydrogen-bond donors (Lipinski definition) is 1. The van der Waals surface area contributed by atoms with Crippen LogP contribution in [0.4, 0.5) is 0 Å². The molecule has 0 aliphatic heterocycles. The summed E-state index contributed by atoms with van der Waals surface area (Å²) in [7, 11) is 0. The highest BCUT2D eigenvalue weighted by Crippen LogP contribution is 2.28. The van der Waals surface area contributed by atoms with E-state index in [0.717, 1.165) is 22.2 Å². The van der Waals surface area contributed by atoms with Crippen LogP contribution in [0.1, 0.15) is 5.56 Å². The molecule has 0 fully saturated rings. The van der Waals surface area contributed by atoms with Crippen molar-refractivity contribution in [3.8, 4) is 5.75 Å². The lowest BCUT2D eigenvalue weighted by Crippen LogP contribution is -1.94. The van der Waals surface area contributed by atoms with Crippen molar-refractivity contribution < 1.29 is 4.74 Å². The lowest BCUT2D eigenvalue weighted by molar-refractivity contribution is 0.306. The molecule has 0 saturated carbocycles. The van der Waals surface area contributed by atoms with Gasteiger partial charge in [-0.2, -0.15) is 0 Å². The zero-order valence-electron chi connectivity index (χ0n) is 9.69. The first kappa shape index (κ1) is 11.2. The molecule has 0 bridgehead atoms. The van der Waals surface area contributed by atoms with E-state index in [1.165, 1.54) is 0 Å². The van der Waals surface area contributed by atoms with Crippen LogP contribution in [-0.2, 0) is 6.61 Å². The van der Waals surface area contributed by atoms with E-state index in [0.29, 0.717) is 11.6 Å². The van der Waals surface area contributed by atoms with E-state index in [1.54, 1.807) is 0 Å². The van der Waals surface area contributed by atoms with Gasteiger partial charge in [0.2, 0.25) is 0 Å². The fraction of sp³-hybridized carbons (Fsp3) is 0.0667. The maximum Gasteiger partial charge on any atom is 0.123 e. The Morgan fingerprint density at radius 3 is 2.72 bits per heavy atom. The summed E-state index contributed by atoms with van der Waals surface area (Å²) >= 11 is 6.19. The summed E-state index contributed by atoms with van der Waals surface area (Å²) < 4.78 is 5.75. The van der Waals surface area contributed by atoms with Crippen LogP contribution in [0.3, 0.4) is 0 Å². The Morgan fingerprint density at radius 1 is 1.06 bits per heavy atom. The van der Waals surface area contributed by atoms with Gasteiger partial charge < -0.3 is 9.72 Å². The largest absolute Gasteiger partial charge is 0.489 e. The molecule has 1 aromatic heterocycles. The van der Waals surface area contributed by atoms with Crippen molar-refractivity contribution in [1.82, 2.24) is 4.98 Å². The smallest absolute Gasteiger partial charge is 0.123 e. The summed E-state index contributed by atoms with van der Waals surface area (Å²) in [6, 6.07) is 15.8. The summed E-state index contributed by atoms with van der Waals surface area (Å²) in [4.78, 5) is 3.13. The quantitative estimate of drug-likeness (QED) is 0.739. The first-order valence-electron chi connectivity index (χ1n) is 5.76. The van der Waals surface area contributed by atoms with E-state index >= 15 is 0 Å². The minimum atomic E-state index is 0.545. The van der Waals surface area contributed by atoms with Gasteiger partial charge in [0, 0.05) is 17.6 Å². The fourth-order valence-corrected chi connectivity index (χ4v) is 2.19. The molecule has 1 N–H and O–H groups in total. The molecular weight excluding hydrogens is 246 g/mol. The third-order valence-electron chi connectivity index (χ3n) is 2.84. The Morgan fingerprint density at radius 2 is 1.89 bits per heavy atom. The molecule has 18 heavy (non-hydrogen) atoms. The Balaban J connectivity index is 1.82. The number of halogens is 1. The molecule has 3 rings (SSSR count). The predicted octanol–water partition coefficient (Wildman–Crippen LogP) is 4.40. The standard InChI is InChI=1S/C15H12ClNO/c16-14-8-12(9-15-13(14)6-7-17-15)18-10-11-4-2-1-3-5-11/h1-9,17H,10H2. The average molecular weight is 258 g/mol. The SMILES string of the molecule is Clc1cc(OCc2ccccc2)cc2[nH]ccc12. The first-order valence-corrected chi connectivity index (χ1v) is 6.14. The van der Waals surface area contributed by atoms with Crippen LogP contribution in [-0.4, -0.2) is 4.98 Å². The Kier molecular flexibility index (Phi) is 2.95. The predicted molar refractivity (Wildman–Crippen MR) is 74.1 cm³/mol. The number of H-pyrrole nitrogens is 1. The summed E-state index contributed by atoms with van der Waals surface area (Å²) in [6.45, 7) is 0.545. The summed E-state index contributed by atoms with van der Waals surface area (Å²) in [5.41, 5.74) is 2.13. The molecular formula is C15H12ClNO. The molecule has 1 heterocycles. The van der Waals surface area contributed by atoms with Gasteiger partial charge in [0.15, 0.2) is 0 Å². The van der Waals surface area contributed by atoms with Gasteiger partial charge in [-0.05, 0) is 17.7 Å². The molecule has 0 spiro atoms. The molecule has 3 heteroatoms. The van der Waals surface area contributed by atoms with Crippen molar-refractivity contribution in [3.63, 3.8) is 0 Å². The highest BCUT2D eigenvalue weighted by molar-refractivity contribution is 6.35. The summed E-state index contributed by atoms with van der Waals surface area (Å²) in [5.74, 6) is 0.777. The maximum atomic E-state index is 6.19. The monoisotopic (exact) mass is 257 g/mol. The van der Waals surface area contributed by atoms with Crippen molar-refractivity contribution in [1.29, 1.82) is 0 Å². The first-order chi connectivity index (χ1) is 8.83. The summed E-state index contributed by atoms with van der Waals surface area (Å²) in [5, 5.41) is 1.72. The molecule has 0 atom stereocenters. The number of fused-ring (bicyclic) bond motifs is 1. The molecule has 0 unspecified atom stereocenters. The molecule has 3 aromatic rings. The van der Waals surface area contributed by atoms with Crippen LogP contribution < -0.4 is 4.74 Å². The van der Waals surface area contributed by atoms with Crippen molar-refractivity contribution in [2.45, 2.75) is 6.61 Å². The molecule has 90 valence electrons. The van der Waals surface area contributed by atoms with Gasteiger partial charge in [-0.15, -0.1) is 0 Å². The number of ether oxygens (including phenoxy) is 1. The number of hydrogen-bond acceptors (Lipinski definition) is 1. The van der Waals surface area contributed by atoms with Gasteiger partial charge >= 0.3 is 0 Å². The van der Waals surface area contributed by atoms with Gasteiger partial charge in [-0.3, -0.25) is 0 Å². The maximum absolute atomic E-state index is 6.19. The normalized spacial score (nSPS) is 10.7. The molecule has 0 aliphatic rings. The van der Waals surface area contributed by atoms with Crippen molar-refractivity contribution in [3.05, 3.63) is 65.3 Å². The van der Waals surface area contributed by atoms with E-state index in [1.807, 2.05) is 54.7 Å². The molecule has 2 aromatic carbocycles. The van der Waals surface area contributed by atoms with Gasteiger partial charge in [0.1, 0.15) is 12.4 Å². The molecule has 0 radical (unpaired) electrons. The highest BCUT2D eigenvalue weighted by Gasteiger charge is 2.04. The molecule has 0 aliphatic carbocycles. The van der Waals surface area contributed by atoms with E-state index in [2.05, 4.69) is 4.98 Å². The third-order valence-corrected chi connectivity index (χ3v) is 3.15. The molecule has 0 amide bonds. The second-order valence-corrected chi connectivity index (χ2v) is 4.53. The highest BCUT2D eigenvalue weighted by atomic mass is 35.5. The van der Waals surface area contributed by atoms with Crippen molar-refractivity contribution >= 4 is 22.5 Å². The second kappa shape index (κ2) is 4.75. The number of benzene rings is 2. The lowest BCUT2D eigenvalue weighted by atomic mass is 10.2. The summed E-state index contributed by atoms with van der Waals surface area (Å²) in [6.07, 6.45) is 1.87. The van der Waals surface area contributed by atoms with E-state index in [-0.39, 0.29) is 0 Å². The van der Waals surface area contributed by atoms with Gasteiger partial charge in [0.05, 0.1) is 10.5 Å². The fourth-order valence-electron chi connectivity index (χ4n) is 1.92.